The first-order chi connectivity index (χ1) is 9.78. The molecule has 0 unspecified atom stereocenters. The van der Waals surface area contributed by atoms with Crippen LogP contribution in [0.5, 0.6) is 0 Å². The van der Waals surface area contributed by atoms with Crippen LogP contribution in [0, 0.1) is 11.8 Å². The van der Waals surface area contributed by atoms with Crippen LogP contribution in [0.3, 0.4) is 0 Å². The molecule has 1 nitrogen and oxygen atoms in total. The lowest BCUT2D eigenvalue weighted by atomic mass is 9.77. The molecule has 0 spiro atoms. The zero-order valence-corrected chi connectivity index (χ0v) is 12.6. The minimum Gasteiger partial charge on any atom is -0.294 e. The van der Waals surface area contributed by atoms with Gasteiger partial charge in [0.15, 0.2) is 5.78 Å². The van der Waals surface area contributed by atoms with Gasteiger partial charge >= 0.3 is 0 Å². The third kappa shape index (κ3) is 2.82. The second kappa shape index (κ2) is 6.11. The topological polar surface area (TPSA) is 17.1 Å². The molecule has 0 bridgehead atoms. The van der Waals surface area contributed by atoms with E-state index in [1.807, 2.05) is 0 Å². The summed E-state index contributed by atoms with van der Waals surface area (Å²) >= 11 is 0. The fraction of sp³-hybridized carbons (Fsp3) is 0.632. The van der Waals surface area contributed by atoms with E-state index in [1.54, 1.807) is 0 Å². The number of carbonyl (C=O) groups excluding carboxylic acids is 1. The van der Waals surface area contributed by atoms with E-state index in [4.69, 9.17) is 0 Å². The Kier molecular flexibility index (Phi) is 4.24. The van der Waals surface area contributed by atoms with Gasteiger partial charge in [-0.25, -0.2) is 0 Å². The minimum atomic E-state index is 0.285. The van der Waals surface area contributed by atoms with E-state index in [9.17, 15) is 4.79 Å². The number of hydrogen-bond acceptors (Lipinski definition) is 1. The zero-order valence-electron chi connectivity index (χ0n) is 12.6. The lowest BCUT2D eigenvalue weighted by Gasteiger charge is -2.27. The van der Waals surface area contributed by atoms with E-state index in [0.717, 1.165) is 30.2 Å². The van der Waals surface area contributed by atoms with E-state index in [0.29, 0.717) is 5.78 Å². The number of benzene rings is 1. The molecule has 0 heterocycles. The fourth-order valence-electron chi connectivity index (χ4n) is 3.73. The maximum atomic E-state index is 12.6. The van der Waals surface area contributed by atoms with Gasteiger partial charge in [0, 0.05) is 11.5 Å². The second-order valence-electron chi connectivity index (χ2n) is 6.74. The highest BCUT2D eigenvalue weighted by molar-refractivity contribution is 5.97. The molecule has 2 aliphatic carbocycles. The Morgan fingerprint density at radius 2 is 1.65 bits per heavy atom. The molecule has 2 saturated carbocycles. The largest absolute Gasteiger partial charge is 0.294 e. The molecule has 1 aromatic rings. The highest BCUT2D eigenvalue weighted by Crippen LogP contribution is 2.37. The Morgan fingerprint density at radius 3 is 2.15 bits per heavy atom. The van der Waals surface area contributed by atoms with Gasteiger partial charge in [-0.15, -0.1) is 0 Å². The van der Waals surface area contributed by atoms with Crippen molar-refractivity contribution in [2.75, 3.05) is 0 Å². The molecule has 2 aliphatic rings. The van der Waals surface area contributed by atoms with Crippen molar-refractivity contribution in [1.82, 2.24) is 0 Å². The molecule has 0 aliphatic heterocycles. The van der Waals surface area contributed by atoms with Crippen molar-refractivity contribution < 1.29 is 4.79 Å². The monoisotopic (exact) mass is 270 g/mol. The van der Waals surface area contributed by atoms with Crippen molar-refractivity contribution in [1.29, 1.82) is 0 Å². The number of Topliss-reactive ketones (excluding diaryl/α,β-unsaturated/α-hetero) is 1. The fourth-order valence-corrected chi connectivity index (χ4v) is 3.73. The predicted octanol–water partition coefficient (Wildman–Crippen LogP) is 5.35. The maximum Gasteiger partial charge on any atom is 0.165 e. The van der Waals surface area contributed by atoms with Crippen molar-refractivity contribution in [3.63, 3.8) is 0 Å². The highest BCUT2D eigenvalue weighted by atomic mass is 16.1. The average Bonchev–Trinajstić information content (AvgIpc) is 2.46. The molecule has 0 radical (unpaired) electrons. The Bertz CT molecular complexity index is 447. The van der Waals surface area contributed by atoms with Gasteiger partial charge in [0.05, 0.1) is 0 Å². The standard InChI is InChI=1S/C19H26O/c1-2-14-6-8-17(9-7-14)19(20)18-12-10-16(11-13-18)15-4-3-5-15/h10-15,17H,2-9H2,1H3. The summed E-state index contributed by atoms with van der Waals surface area (Å²) in [7, 11) is 0. The molecule has 2 fully saturated rings. The van der Waals surface area contributed by atoms with Crippen LogP contribution in [0.4, 0.5) is 0 Å². The van der Waals surface area contributed by atoms with Crippen molar-refractivity contribution in [3.8, 4) is 0 Å². The molecule has 0 N–H and O–H groups in total. The summed E-state index contributed by atoms with van der Waals surface area (Å²) in [5.74, 6) is 2.30. The zero-order chi connectivity index (χ0) is 13.9. The van der Waals surface area contributed by atoms with Crippen LogP contribution in [0.2, 0.25) is 0 Å². The van der Waals surface area contributed by atoms with Gasteiger partial charge in [0.2, 0.25) is 0 Å². The van der Waals surface area contributed by atoms with Gasteiger partial charge in [0.25, 0.3) is 0 Å². The van der Waals surface area contributed by atoms with E-state index in [-0.39, 0.29) is 5.92 Å². The molecule has 3 rings (SSSR count). The first kappa shape index (κ1) is 13.9. The summed E-state index contributed by atoms with van der Waals surface area (Å²) in [5, 5.41) is 0. The van der Waals surface area contributed by atoms with Crippen LogP contribution in [-0.2, 0) is 0 Å². The summed E-state index contributed by atoms with van der Waals surface area (Å²) in [4.78, 5) is 12.6. The second-order valence-corrected chi connectivity index (χ2v) is 6.74. The third-order valence-corrected chi connectivity index (χ3v) is 5.57. The van der Waals surface area contributed by atoms with Crippen LogP contribution in [0.1, 0.15) is 80.1 Å². The number of rotatable bonds is 4. The molecule has 0 atom stereocenters. The maximum absolute atomic E-state index is 12.6. The SMILES string of the molecule is CCC1CCC(C(=O)c2ccc(C3CCC3)cc2)CC1. The molecule has 0 saturated heterocycles. The van der Waals surface area contributed by atoms with Gasteiger partial charge in [-0.3, -0.25) is 4.79 Å². The molecular formula is C19H26O. The van der Waals surface area contributed by atoms with Crippen LogP contribution in [0.25, 0.3) is 0 Å². The van der Waals surface area contributed by atoms with E-state index < -0.39 is 0 Å². The molecule has 108 valence electrons. The van der Waals surface area contributed by atoms with E-state index in [2.05, 4.69) is 31.2 Å². The van der Waals surface area contributed by atoms with E-state index >= 15 is 0 Å². The van der Waals surface area contributed by atoms with Gasteiger partial charge in [0.1, 0.15) is 0 Å². The van der Waals surface area contributed by atoms with Crippen LogP contribution < -0.4 is 0 Å². The smallest absolute Gasteiger partial charge is 0.165 e. The Balaban J connectivity index is 1.62. The minimum absolute atomic E-state index is 0.285. The summed E-state index contributed by atoms with van der Waals surface area (Å²) in [6.07, 6.45) is 9.98. The van der Waals surface area contributed by atoms with E-state index in [1.165, 1.54) is 44.1 Å². The Hall–Kier alpha value is -1.11. The summed E-state index contributed by atoms with van der Waals surface area (Å²) in [5.41, 5.74) is 2.37. The van der Waals surface area contributed by atoms with Crippen molar-refractivity contribution >= 4 is 5.78 Å². The molecule has 1 aromatic carbocycles. The summed E-state index contributed by atoms with van der Waals surface area (Å²) < 4.78 is 0. The number of ketones is 1. The lowest BCUT2D eigenvalue weighted by molar-refractivity contribution is 0.0871. The Labute approximate surface area is 122 Å². The quantitative estimate of drug-likeness (QED) is 0.674. The summed E-state index contributed by atoms with van der Waals surface area (Å²) in [6, 6.07) is 8.52. The first-order valence-electron chi connectivity index (χ1n) is 8.42. The molecule has 0 amide bonds. The normalized spacial score (nSPS) is 27.1. The molecule has 1 heteroatoms. The van der Waals surface area contributed by atoms with Crippen LogP contribution in [0.15, 0.2) is 24.3 Å². The van der Waals surface area contributed by atoms with Crippen molar-refractivity contribution in [2.45, 2.75) is 64.2 Å². The van der Waals surface area contributed by atoms with Crippen molar-refractivity contribution in [3.05, 3.63) is 35.4 Å². The van der Waals surface area contributed by atoms with Gasteiger partial charge in [-0.1, -0.05) is 44.0 Å². The Morgan fingerprint density at radius 1 is 1.00 bits per heavy atom. The number of hydrogen-bond donors (Lipinski definition) is 0. The highest BCUT2D eigenvalue weighted by Gasteiger charge is 2.26. The third-order valence-electron chi connectivity index (χ3n) is 5.57. The van der Waals surface area contributed by atoms with Gasteiger partial charge in [-0.2, -0.15) is 0 Å². The predicted molar refractivity (Wildman–Crippen MR) is 83.1 cm³/mol. The molecule has 0 aromatic heterocycles. The van der Waals surface area contributed by atoms with Crippen LogP contribution >= 0.6 is 0 Å². The first-order valence-corrected chi connectivity index (χ1v) is 8.42. The lowest BCUT2D eigenvalue weighted by Crippen LogP contribution is -2.21. The van der Waals surface area contributed by atoms with Crippen molar-refractivity contribution in [2.24, 2.45) is 11.8 Å². The van der Waals surface area contributed by atoms with Gasteiger partial charge < -0.3 is 0 Å². The van der Waals surface area contributed by atoms with Crippen LogP contribution in [-0.4, -0.2) is 5.78 Å². The average molecular weight is 270 g/mol. The summed E-state index contributed by atoms with van der Waals surface area (Å²) in [6.45, 7) is 2.27. The van der Waals surface area contributed by atoms with Gasteiger partial charge in [-0.05, 0) is 55.9 Å². The molecule has 20 heavy (non-hydrogen) atoms. The molecular weight excluding hydrogens is 244 g/mol. The number of carbonyl (C=O) groups is 1.